The smallest absolute Gasteiger partial charge is 0.416 e. The first-order valence-electron chi connectivity index (χ1n) is 8.67. The second-order valence-corrected chi connectivity index (χ2v) is 6.90. The molecule has 1 fully saturated rings. The van der Waals surface area contributed by atoms with E-state index in [1.807, 2.05) is 0 Å². The predicted octanol–water partition coefficient (Wildman–Crippen LogP) is 2.30. The SMILES string of the molecule is CC1(C)NC(=O)N(CCCC(=O)OCC(=O)Nc2cccc(C(F)(F)F)c2)C1=O. The van der Waals surface area contributed by atoms with Gasteiger partial charge in [0.2, 0.25) is 0 Å². The summed E-state index contributed by atoms with van der Waals surface area (Å²) in [5.41, 5.74) is -2.00. The van der Waals surface area contributed by atoms with Gasteiger partial charge in [0.15, 0.2) is 6.61 Å². The normalized spacial score (nSPS) is 15.8. The van der Waals surface area contributed by atoms with Gasteiger partial charge in [0.05, 0.1) is 5.56 Å². The van der Waals surface area contributed by atoms with Crippen LogP contribution in [0.4, 0.5) is 23.7 Å². The molecule has 0 saturated carbocycles. The molecule has 0 radical (unpaired) electrons. The predicted molar refractivity (Wildman–Crippen MR) is 94.6 cm³/mol. The van der Waals surface area contributed by atoms with Gasteiger partial charge in [-0.3, -0.25) is 19.3 Å². The van der Waals surface area contributed by atoms with Crippen molar-refractivity contribution < 1.29 is 37.1 Å². The van der Waals surface area contributed by atoms with Crippen molar-refractivity contribution in [1.82, 2.24) is 10.2 Å². The molecule has 0 spiro atoms. The Morgan fingerprint density at radius 2 is 1.93 bits per heavy atom. The Labute approximate surface area is 164 Å². The lowest BCUT2D eigenvalue weighted by Gasteiger charge is -2.15. The zero-order valence-electron chi connectivity index (χ0n) is 15.8. The maximum atomic E-state index is 12.6. The van der Waals surface area contributed by atoms with Crippen LogP contribution in [-0.4, -0.2) is 47.4 Å². The van der Waals surface area contributed by atoms with E-state index >= 15 is 0 Å². The third kappa shape index (κ3) is 5.93. The van der Waals surface area contributed by atoms with Crippen molar-refractivity contribution in [3.05, 3.63) is 29.8 Å². The Kier molecular flexibility index (Phi) is 6.50. The molecular formula is C18H20F3N3O5. The number of halogens is 3. The Morgan fingerprint density at radius 3 is 2.52 bits per heavy atom. The van der Waals surface area contributed by atoms with Gasteiger partial charge in [-0.25, -0.2) is 4.79 Å². The number of hydrogen-bond donors (Lipinski definition) is 2. The van der Waals surface area contributed by atoms with E-state index in [0.29, 0.717) is 0 Å². The van der Waals surface area contributed by atoms with Gasteiger partial charge in [-0.05, 0) is 38.5 Å². The van der Waals surface area contributed by atoms with Crippen molar-refractivity contribution >= 4 is 29.5 Å². The Hall–Kier alpha value is -3.11. The van der Waals surface area contributed by atoms with Crippen molar-refractivity contribution in [2.24, 2.45) is 0 Å². The van der Waals surface area contributed by atoms with Crippen LogP contribution in [0.25, 0.3) is 0 Å². The summed E-state index contributed by atoms with van der Waals surface area (Å²) in [4.78, 5) is 48.1. The van der Waals surface area contributed by atoms with Crippen molar-refractivity contribution in [1.29, 1.82) is 0 Å². The minimum Gasteiger partial charge on any atom is -0.456 e. The van der Waals surface area contributed by atoms with Gasteiger partial charge in [-0.1, -0.05) is 6.07 Å². The van der Waals surface area contributed by atoms with Crippen LogP contribution in [0.1, 0.15) is 32.3 Å². The number of benzene rings is 1. The summed E-state index contributed by atoms with van der Waals surface area (Å²) in [7, 11) is 0. The van der Waals surface area contributed by atoms with Gasteiger partial charge < -0.3 is 15.4 Å². The molecule has 0 aliphatic carbocycles. The molecule has 1 aromatic rings. The summed E-state index contributed by atoms with van der Waals surface area (Å²) in [6.07, 6.45) is -4.55. The summed E-state index contributed by atoms with van der Waals surface area (Å²) < 4.78 is 42.7. The molecular weight excluding hydrogens is 395 g/mol. The molecule has 2 N–H and O–H groups in total. The molecule has 1 aliphatic rings. The van der Waals surface area contributed by atoms with Gasteiger partial charge in [-0.15, -0.1) is 0 Å². The second-order valence-electron chi connectivity index (χ2n) is 6.90. The van der Waals surface area contributed by atoms with Gasteiger partial charge in [0.1, 0.15) is 5.54 Å². The van der Waals surface area contributed by atoms with Crippen LogP contribution in [0.2, 0.25) is 0 Å². The number of anilines is 1. The van der Waals surface area contributed by atoms with Crippen molar-refractivity contribution in [3.8, 4) is 0 Å². The number of nitrogens with one attached hydrogen (secondary N) is 2. The van der Waals surface area contributed by atoms with Gasteiger partial charge >= 0.3 is 18.2 Å². The maximum absolute atomic E-state index is 12.6. The number of hydrogen-bond acceptors (Lipinski definition) is 5. The standard InChI is InChI=1S/C18H20F3N3O5/c1-17(2)15(27)24(16(28)23-17)8-4-7-14(26)29-10-13(25)22-12-6-3-5-11(9-12)18(19,20)21/h3,5-6,9H,4,7-8,10H2,1-2H3,(H,22,25)(H,23,28). The highest BCUT2D eigenvalue weighted by Crippen LogP contribution is 2.30. The Bertz CT molecular complexity index is 823. The van der Waals surface area contributed by atoms with Gasteiger partial charge in [-0.2, -0.15) is 13.2 Å². The molecule has 1 heterocycles. The second kappa shape index (κ2) is 8.50. The Morgan fingerprint density at radius 1 is 1.24 bits per heavy atom. The first-order chi connectivity index (χ1) is 13.4. The molecule has 29 heavy (non-hydrogen) atoms. The maximum Gasteiger partial charge on any atom is 0.416 e. The number of imide groups is 1. The number of carbonyl (C=O) groups is 4. The number of carbonyl (C=O) groups excluding carboxylic acids is 4. The zero-order valence-corrected chi connectivity index (χ0v) is 15.8. The van der Waals surface area contributed by atoms with Crippen LogP contribution < -0.4 is 10.6 Å². The molecule has 0 bridgehead atoms. The van der Waals surface area contributed by atoms with Crippen LogP contribution >= 0.6 is 0 Å². The summed E-state index contributed by atoms with van der Waals surface area (Å²) in [6.45, 7) is 2.46. The fraction of sp³-hybridized carbons (Fsp3) is 0.444. The molecule has 0 unspecified atom stereocenters. The zero-order chi connectivity index (χ0) is 21.8. The topological polar surface area (TPSA) is 105 Å². The lowest BCUT2D eigenvalue weighted by Crippen LogP contribution is -2.40. The van der Waals surface area contributed by atoms with Crippen LogP contribution in [0.3, 0.4) is 0 Å². The van der Waals surface area contributed by atoms with E-state index in [0.717, 1.165) is 23.1 Å². The highest BCUT2D eigenvalue weighted by Gasteiger charge is 2.43. The van der Waals surface area contributed by atoms with E-state index < -0.39 is 47.7 Å². The Balaban J connectivity index is 1.73. The lowest BCUT2D eigenvalue weighted by atomic mass is 10.1. The molecule has 8 nitrogen and oxygen atoms in total. The number of alkyl halides is 3. The van der Waals surface area contributed by atoms with Crippen molar-refractivity contribution in [3.63, 3.8) is 0 Å². The van der Waals surface area contributed by atoms with Gasteiger partial charge in [0, 0.05) is 18.7 Å². The van der Waals surface area contributed by atoms with Crippen molar-refractivity contribution in [2.75, 3.05) is 18.5 Å². The first-order valence-corrected chi connectivity index (χ1v) is 8.67. The van der Waals surface area contributed by atoms with Crippen LogP contribution in [0, 0.1) is 0 Å². The molecule has 1 aliphatic heterocycles. The quantitative estimate of drug-likeness (QED) is 0.525. The van der Waals surface area contributed by atoms with E-state index in [-0.39, 0.29) is 25.1 Å². The monoisotopic (exact) mass is 415 g/mol. The molecule has 0 atom stereocenters. The highest BCUT2D eigenvalue weighted by atomic mass is 19.4. The minimum absolute atomic E-state index is 0.0135. The number of nitrogens with zero attached hydrogens (tertiary/aromatic N) is 1. The number of esters is 1. The summed E-state index contributed by atoms with van der Waals surface area (Å²) >= 11 is 0. The number of ether oxygens (including phenoxy) is 1. The van der Waals surface area contributed by atoms with E-state index in [2.05, 4.69) is 10.6 Å². The van der Waals surface area contributed by atoms with Crippen molar-refractivity contribution in [2.45, 2.75) is 38.4 Å². The van der Waals surface area contributed by atoms with Crippen LogP contribution in [0.15, 0.2) is 24.3 Å². The summed E-state index contributed by atoms with van der Waals surface area (Å²) in [5, 5.41) is 4.71. The third-order valence-corrected chi connectivity index (χ3v) is 4.04. The molecule has 158 valence electrons. The number of amides is 4. The fourth-order valence-corrected chi connectivity index (χ4v) is 2.59. The molecule has 0 aromatic heterocycles. The van der Waals surface area contributed by atoms with Gasteiger partial charge in [0.25, 0.3) is 11.8 Å². The van der Waals surface area contributed by atoms with Crippen LogP contribution in [-0.2, 0) is 25.3 Å². The number of urea groups is 1. The van der Waals surface area contributed by atoms with E-state index in [9.17, 15) is 32.3 Å². The third-order valence-electron chi connectivity index (χ3n) is 4.04. The largest absolute Gasteiger partial charge is 0.456 e. The molecule has 11 heteroatoms. The average molecular weight is 415 g/mol. The first kappa shape index (κ1) is 22.2. The van der Waals surface area contributed by atoms with E-state index in [4.69, 9.17) is 4.74 Å². The molecule has 1 aromatic carbocycles. The van der Waals surface area contributed by atoms with E-state index in [1.54, 1.807) is 13.8 Å². The minimum atomic E-state index is -4.55. The average Bonchev–Trinajstić information content (AvgIpc) is 2.81. The van der Waals surface area contributed by atoms with Crippen LogP contribution in [0.5, 0.6) is 0 Å². The molecule has 1 saturated heterocycles. The lowest BCUT2D eigenvalue weighted by molar-refractivity contribution is -0.147. The number of rotatable bonds is 7. The highest BCUT2D eigenvalue weighted by molar-refractivity contribution is 6.06. The molecule has 2 rings (SSSR count). The fourth-order valence-electron chi connectivity index (χ4n) is 2.59. The molecule has 4 amide bonds. The van der Waals surface area contributed by atoms with E-state index in [1.165, 1.54) is 6.07 Å². The summed E-state index contributed by atoms with van der Waals surface area (Å²) in [6, 6.07) is 3.49. The summed E-state index contributed by atoms with van der Waals surface area (Å²) in [5.74, 6) is -1.94.